The molecule has 4 aromatic heterocycles. The van der Waals surface area contributed by atoms with Crippen LogP contribution in [0.1, 0.15) is 12.5 Å². The average molecular weight is 672 g/mol. The molecular formula is C20H26N12O11P2. The first kappa shape index (κ1) is 30.2. The van der Waals surface area contributed by atoms with Crippen molar-refractivity contribution in [1.82, 2.24) is 39.0 Å². The van der Waals surface area contributed by atoms with Gasteiger partial charge in [-0.25, -0.2) is 40.1 Å². The van der Waals surface area contributed by atoms with E-state index in [1.807, 2.05) is 0 Å². The predicted molar refractivity (Wildman–Crippen MR) is 147 cm³/mol. The zero-order chi connectivity index (χ0) is 31.8. The lowest BCUT2D eigenvalue weighted by molar-refractivity contribution is -0.0598. The molecule has 23 nitrogen and oxygen atoms in total. The molecule has 0 amide bonds. The highest BCUT2D eigenvalue weighted by molar-refractivity contribution is 7.51. The fourth-order valence-electron chi connectivity index (χ4n) is 5.35. The quantitative estimate of drug-likeness (QED) is 0.109. The molecule has 3 aliphatic rings. The van der Waals surface area contributed by atoms with E-state index >= 15 is 0 Å². The highest BCUT2D eigenvalue weighted by atomic mass is 31.2. The Morgan fingerprint density at radius 3 is 2.18 bits per heavy atom. The number of hydrogen-bond donors (Lipinski definition) is 7. The van der Waals surface area contributed by atoms with Gasteiger partial charge in [0.2, 0.25) is 5.95 Å². The topological polar surface area (TPSA) is 341 Å². The van der Waals surface area contributed by atoms with Crippen molar-refractivity contribution in [2.75, 3.05) is 24.7 Å². The molecule has 6 unspecified atom stereocenters. The van der Waals surface area contributed by atoms with E-state index in [1.165, 1.54) is 21.8 Å². The Morgan fingerprint density at radius 1 is 0.822 bits per heavy atom. The van der Waals surface area contributed by atoms with Crippen LogP contribution in [0.2, 0.25) is 0 Å². The van der Waals surface area contributed by atoms with Crippen LogP contribution in [-0.4, -0.2) is 99.1 Å². The summed E-state index contributed by atoms with van der Waals surface area (Å²) in [5, 5.41) is 22.3. The Balaban J connectivity index is 1.21. The summed E-state index contributed by atoms with van der Waals surface area (Å²) in [6.45, 7) is -1.31. The molecule has 3 saturated heterocycles. The van der Waals surface area contributed by atoms with Gasteiger partial charge in [-0.3, -0.25) is 37.0 Å². The van der Waals surface area contributed by atoms with Crippen LogP contribution in [0.15, 0.2) is 23.8 Å². The first-order valence-corrected chi connectivity index (χ1v) is 16.3. The average Bonchev–Trinajstić information content (AvgIpc) is 3.72. The van der Waals surface area contributed by atoms with Gasteiger partial charge in [-0.1, -0.05) is 0 Å². The van der Waals surface area contributed by atoms with Crippen molar-refractivity contribution in [2.24, 2.45) is 11.0 Å². The molecule has 0 saturated carbocycles. The van der Waals surface area contributed by atoms with Crippen LogP contribution in [0.4, 0.5) is 11.8 Å². The fraction of sp³-hybridized carbons (Fsp3) is 0.500. The zero-order valence-corrected chi connectivity index (χ0v) is 24.5. The van der Waals surface area contributed by atoms with Gasteiger partial charge in [-0.05, 0) is 0 Å². The first-order valence-electron chi connectivity index (χ1n) is 13.1. The number of imidazole rings is 2. The van der Waals surface area contributed by atoms with E-state index in [0.29, 0.717) is 0 Å². The molecule has 45 heavy (non-hydrogen) atoms. The van der Waals surface area contributed by atoms with Crippen molar-refractivity contribution < 1.29 is 46.9 Å². The highest BCUT2D eigenvalue weighted by Crippen LogP contribution is 2.51. The lowest BCUT2D eigenvalue weighted by Crippen LogP contribution is -2.37. The molecule has 10 atom stereocenters. The largest absolute Gasteiger partial charge is 0.403 e. The Kier molecular flexibility index (Phi) is 7.27. The van der Waals surface area contributed by atoms with Crippen LogP contribution in [0.25, 0.3) is 22.3 Å². The van der Waals surface area contributed by atoms with Crippen LogP contribution < -0.4 is 28.0 Å². The SMILES string of the molecule is Nc1nc2c(ncn2[C@@H]2O[C@@H]3COP(N)(=O)OC4C(O)[C@H](n5cnc6c(N)ncnc65)O[C@@H]4COP(N)(=O)OC2C3O)c(=O)[nH]1. The summed E-state index contributed by atoms with van der Waals surface area (Å²) in [6.07, 6.45) is -7.94. The van der Waals surface area contributed by atoms with Crippen molar-refractivity contribution in [3.8, 4) is 0 Å². The number of nitrogens with one attached hydrogen (secondary N) is 1. The predicted octanol–water partition coefficient (Wildman–Crippen LogP) is -2.41. The third kappa shape index (κ3) is 5.31. The number of ether oxygens (including phenoxy) is 2. The van der Waals surface area contributed by atoms with Crippen molar-refractivity contribution in [2.45, 2.75) is 49.1 Å². The van der Waals surface area contributed by atoms with Crippen molar-refractivity contribution in [3.05, 3.63) is 29.3 Å². The van der Waals surface area contributed by atoms with E-state index in [9.17, 15) is 24.1 Å². The maximum atomic E-state index is 13.4. The smallest absolute Gasteiger partial charge is 0.387 e. The molecule has 25 heteroatoms. The van der Waals surface area contributed by atoms with Gasteiger partial charge in [0.05, 0.1) is 25.9 Å². The van der Waals surface area contributed by atoms with E-state index < -0.39 is 83.3 Å². The lowest BCUT2D eigenvalue weighted by Gasteiger charge is -2.26. The molecule has 2 bridgehead atoms. The molecule has 0 spiro atoms. The number of rotatable bonds is 2. The number of aliphatic hydroxyl groups excluding tert-OH is 2. The van der Waals surface area contributed by atoms with Crippen molar-refractivity contribution in [1.29, 1.82) is 0 Å². The maximum Gasteiger partial charge on any atom is 0.403 e. The maximum absolute atomic E-state index is 13.4. The van der Waals surface area contributed by atoms with Gasteiger partial charge in [0.1, 0.15) is 48.5 Å². The van der Waals surface area contributed by atoms with E-state index in [-0.39, 0.29) is 34.1 Å². The third-order valence-electron chi connectivity index (χ3n) is 7.38. The van der Waals surface area contributed by atoms with Gasteiger partial charge in [0, 0.05) is 0 Å². The first-order chi connectivity index (χ1) is 21.3. The monoisotopic (exact) mass is 672 g/mol. The van der Waals surface area contributed by atoms with E-state index in [2.05, 4.69) is 29.9 Å². The summed E-state index contributed by atoms with van der Waals surface area (Å²) in [7, 11) is -9.12. The molecular weight excluding hydrogens is 646 g/mol. The summed E-state index contributed by atoms with van der Waals surface area (Å²) >= 11 is 0. The molecule has 11 N–H and O–H groups in total. The highest BCUT2D eigenvalue weighted by Gasteiger charge is 2.53. The van der Waals surface area contributed by atoms with Crippen LogP contribution in [0.3, 0.4) is 0 Å². The van der Waals surface area contributed by atoms with E-state index in [0.717, 1.165) is 6.33 Å². The minimum atomic E-state index is -4.58. The summed E-state index contributed by atoms with van der Waals surface area (Å²) in [5.74, 6) is -0.172. The number of aliphatic hydroxyl groups is 2. The Morgan fingerprint density at radius 2 is 1.44 bits per heavy atom. The number of H-pyrrole nitrogens is 1. The number of aromatic nitrogens is 8. The number of aromatic amines is 1. The molecule has 4 aromatic rings. The normalized spacial score (nSPS) is 37.7. The van der Waals surface area contributed by atoms with Crippen LogP contribution in [-0.2, 0) is 36.7 Å². The number of hydrogen-bond acceptors (Lipinski definition) is 18. The number of anilines is 2. The van der Waals surface area contributed by atoms with Crippen LogP contribution in [0, 0.1) is 0 Å². The number of fused-ring (bicyclic) bond motifs is 5. The third-order valence-corrected chi connectivity index (χ3v) is 9.48. The molecule has 0 aliphatic carbocycles. The Hall–Kier alpha value is -3.44. The zero-order valence-electron chi connectivity index (χ0n) is 22.7. The second-order valence-electron chi connectivity index (χ2n) is 10.3. The molecule has 3 fully saturated rings. The fourth-order valence-corrected chi connectivity index (χ4v) is 7.35. The Bertz CT molecular complexity index is 1940. The molecule has 0 aromatic carbocycles. The lowest BCUT2D eigenvalue weighted by atomic mass is 10.1. The summed E-state index contributed by atoms with van der Waals surface area (Å²) in [4.78, 5) is 34.8. The minimum Gasteiger partial charge on any atom is -0.387 e. The summed E-state index contributed by atoms with van der Waals surface area (Å²) < 4.78 is 62.9. The molecule has 242 valence electrons. The standard InChI is InChI=1S/C20H26N12O11P2/c21-14-8-15(26-3-25-14)31(4-27-8)18-11(34)12-7(41-18)2-39-45(24,37)43-13-10(33)6(1-38-44(23,36)42-12)40-19(13)32-5-28-9-16(32)29-20(22)30-17(9)35/h3-7,10-13,18-19,33-34H,1-2H2,(H2,23,36)(H2,24,37)(H2,21,25,26)(H3,22,29,30,35)/t6-,7-,10?,11?,12?,13?,18-,19-,44?,45?/m1/s1. The van der Waals surface area contributed by atoms with E-state index in [4.69, 9.17) is 50.0 Å². The second kappa shape index (κ2) is 10.8. The molecule has 7 rings (SSSR count). The van der Waals surface area contributed by atoms with Crippen molar-refractivity contribution in [3.63, 3.8) is 0 Å². The van der Waals surface area contributed by atoms with Crippen molar-refractivity contribution >= 4 is 49.6 Å². The molecule has 7 heterocycles. The van der Waals surface area contributed by atoms with E-state index in [1.54, 1.807) is 0 Å². The Labute approximate surface area is 249 Å². The van der Waals surface area contributed by atoms with Gasteiger partial charge < -0.3 is 31.2 Å². The summed E-state index contributed by atoms with van der Waals surface area (Å²) in [5.41, 5.74) is 22.9. The number of nitrogens with zero attached hydrogens (tertiary/aromatic N) is 7. The molecule has 3 aliphatic heterocycles. The van der Waals surface area contributed by atoms with Gasteiger partial charge >= 0.3 is 15.5 Å². The van der Waals surface area contributed by atoms with Gasteiger partial charge in [0.15, 0.2) is 35.1 Å². The van der Waals surface area contributed by atoms with Crippen LogP contribution in [0.5, 0.6) is 0 Å². The summed E-state index contributed by atoms with van der Waals surface area (Å²) in [6, 6.07) is 0. The number of nitrogen functional groups attached to an aromatic ring is 2. The van der Waals surface area contributed by atoms with Gasteiger partial charge in [0.25, 0.3) is 5.56 Å². The van der Waals surface area contributed by atoms with Gasteiger partial charge in [-0.2, -0.15) is 4.98 Å². The van der Waals surface area contributed by atoms with Crippen LogP contribution >= 0.6 is 15.5 Å². The minimum absolute atomic E-state index is 0.0633. The molecule has 0 radical (unpaired) electrons. The second-order valence-corrected chi connectivity index (χ2v) is 13.4. The van der Waals surface area contributed by atoms with Gasteiger partial charge in [-0.15, -0.1) is 0 Å². The number of nitrogens with two attached hydrogens (primary N) is 4.